The second-order valence-electron chi connectivity index (χ2n) is 6.84. The summed E-state index contributed by atoms with van der Waals surface area (Å²) in [5, 5.41) is 14.4. The molecular weight excluding hydrogens is 366 g/mol. The molecule has 27 heavy (non-hydrogen) atoms. The van der Waals surface area contributed by atoms with E-state index in [1.165, 1.54) is 12.1 Å². The van der Waals surface area contributed by atoms with Crippen molar-refractivity contribution in [3.63, 3.8) is 0 Å². The minimum absolute atomic E-state index is 0.0706. The van der Waals surface area contributed by atoms with Crippen LogP contribution in [0, 0.1) is 10.1 Å². The summed E-state index contributed by atoms with van der Waals surface area (Å²) < 4.78 is 23.3. The summed E-state index contributed by atoms with van der Waals surface area (Å²) in [7, 11) is -1.46. The van der Waals surface area contributed by atoms with Crippen molar-refractivity contribution in [2.45, 2.75) is 37.9 Å². The van der Waals surface area contributed by atoms with E-state index in [0.29, 0.717) is 18.3 Å². The molecule has 0 aromatic heterocycles. The van der Waals surface area contributed by atoms with Crippen LogP contribution in [0.1, 0.15) is 25.0 Å². The Labute approximate surface area is 160 Å². The molecule has 2 aromatic rings. The molecule has 146 valence electrons. The van der Waals surface area contributed by atoms with E-state index >= 15 is 0 Å². The van der Waals surface area contributed by atoms with E-state index in [1.807, 2.05) is 31.3 Å². The van der Waals surface area contributed by atoms with Gasteiger partial charge in [0.15, 0.2) is 9.84 Å². The quantitative estimate of drug-likeness (QED) is 0.547. The van der Waals surface area contributed by atoms with E-state index in [9.17, 15) is 18.5 Å². The smallest absolute Gasteiger partial charge is 0.293 e. The predicted octanol–water partition coefficient (Wildman–Crippen LogP) is 3.45. The van der Waals surface area contributed by atoms with Gasteiger partial charge in [-0.2, -0.15) is 0 Å². The Morgan fingerprint density at radius 2 is 1.78 bits per heavy atom. The topological polar surface area (TPSA) is 92.6 Å². The largest absolute Gasteiger partial charge is 0.375 e. The highest BCUT2D eigenvalue weighted by Gasteiger charge is 2.19. The Balaban J connectivity index is 2.26. The Morgan fingerprint density at radius 1 is 1.15 bits per heavy atom. The average Bonchev–Trinajstić information content (AvgIpc) is 2.59. The number of benzene rings is 2. The Morgan fingerprint density at radius 3 is 2.33 bits per heavy atom. The zero-order valence-electron chi connectivity index (χ0n) is 16.0. The summed E-state index contributed by atoms with van der Waals surface area (Å²) >= 11 is 0. The summed E-state index contributed by atoms with van der Waals surface area (Å²) in [4.78, 5) is 12.9. The molecule has 8 heteroatoms. The molecule has 1 N–H and O–H groups in total. The third-order valence-electron chi connectivity index (χ3n) is 4.48. The predicted molar refractivity (Wildman–Crippen MR) is 107 cm³/mol. The minimum Gasteiger partial charge on any atom is -0.375 e. The van der Waals surface area contributed by atoms with E-state index in [4.69, 9.17) is 0 Å². The van der Waals surface area contributed by atoms with Gasteiger partial charge in [-0.25, -0.2) is 8.42 Å². The number of sulfone groups is 1. The van der Waals surface area contributed by atoms with Crippen LogP contribution in [-0.4, -0.2) is 37.6 Å². The highest BCUT2D eigenvalue weighted by molar-refractivity contribution is 7.90. The first-order valence-corrected chi connectivity index (χ1v) is 10.5. The van der Waals surface area contributed by atoms with Gasteiger partial charge in [-0.15, -0.1) is 0 Å². The lowest BCUT2D eigenvalue weighted by Gasteiger charge is -2.22. The molecule has 0 saturated heterocycles. The lowest BCUT2D eigenvalue weighted by Crippen LogP contribution is -2.26. The standard InChI is InChI=1S/C19H25N3O4S/c1-14(2)21(3)13-16-8-6-5-7-15(16)12-20-18-10-9-17(27(4,25)26)11-19(18)22(23)24/h5-11,14,20H,12-13H2,1-4H3. The molecular formula is C19H25N3O4S. The van der Waals surface area contributed by atoms with Gasteiger partial charge in [0.2, 0.25) is 0 Å². The van der Waals surface area contributed by atoms with Crippen LogP contribution in [0.3, 0.4) is 0 Å². The van der Waals surface area contributed by atoms with Crippen molar-refractivity contribution in [1.29, 1.82) is 0 Å². The number of nitro groups is 1. The van der Waals surface area contributed by atoms with E-state index in [2.05, 4.69) is 24.1 Å². The van der Waals surface area contributed by atoms with Gasteiger partial charge in [0.25, 0.3) is 5.69 Å². The molecule has 0 atom stereocenters. The van der Waals surface area contributed by atoms with E-state index in [-0.39, 0.29) is 10.6 Å². The third-order valence-corrected chi connectivity index (χ3v) is 5.59. The monoisotopic (exact) mass is 391 g/mol. The van der Waals surface area contributed by atoms with Crippen molar-refractivity contribution in [2.24, 2.45) is 0 Å². The number of hydrogen-bond donors (Lipinski definition) is 1. The zero-order chi connectivity index (χ0) is 20.2. The Kier molecular flexibility index (Phi) is 6.56. The van der Waals surface area contributed by atoms with Crippen LogP contribution in [0.25, 0.3) is 0 Å². The van der Waals surface area contributed by atoms with Crippen LogP contribution in [0.5, 0.6) is 0 Å². The number of anilines is 1. The first-order chi connectivity index (χ1) is 12.6. The van der Waals surface area contributed by atoms with Gasteiger partial charge >= 0.3 is 0 Å². The van der Waals surface area contributed by atoms with Gasteiger partial charge in [0.05, 0.1) is 9.82 Å². The summed E-state index contributed by atoms with van der Waals surface area (Å²) in [5.41, 5.74) is 2.21. The normalized spacial score (nSPS) is 11.8. The third kappa shape index (κ3) is 5.51. The highest BCUT2D eigenvalue weighted by Crippen LogP contribution is 2.28. The maximum absolute atomic E-state index is 11.7. The second kappa shape index (κ2) is 8.49. The second-order valence-corrected chi connectivity index (χ2v) is 8.86. The highest BCUT2D eigenvalue weighted by atomic mass is 32.2. The first kappa shape index (κ1) is 20.9. The molecule has 2 rings (SSSR count). The Bertz CT molecular complexity index is 926. The number of nitrogens with zero attached hydrogens (tertiary/aromatic N) is 2. The zero-order valence-corrected chi connectivity index (χ0v) is 16.8. The fraction of sp³-hybridized carbons (Fsp3) is 0.368. The van der Waals surface area contributed by atoms with Gasteiger partial charge in [0.1, 0.15) is 5.69 Å². The number of nitrogens with one attached hydrogen (secondary N) is 1. The van der Waals surface area contributed by atoms with Crippen LogP contribution < -0.4 is 5.32 Å². The van der Waals surface area contributed by atoms with Crippen LogP contribution in [0.4, 0.5) is 11.4 Å². The molecule has 0 saturated carbocycles. The maximum Gasteiger partial charge on any atom is 0.293 e. The van der Waals surface area contributed by atoms with E-state index in [1.54, 1.807) is 0 Å². The molecule has 7 nitrogen and oxygen atoms in total. The van der Waals surface area contributed by atoms with Crippen molar-refractivity contribution < 1.29 is 13.3 Å². The van der Waals surface area contributed by atoms with Gasteiger partial charge in [0, 0.05) is 31.5 Å². The molecule has 0 spiro atoms. The fourth-order valence-corrected chi connectivity index (χ4v) is 3.21. The van der Waals surface area contributed by atoms with Crippen molar-refractivity contribution in [3.8, 4) is 0 Å². The number of rotatable bonds is 8. The summed E-state index contributed by atoms with van der Waals surface area (Å²) in [6, 6.07) is 12.2. The number of hydrogen-bond acceptors (Lipinski definition) is 6. The SMILES string of the molecule is CC(C)N(C)Cc1ccccc1CNc1ccc(S(C)(=O)=O)cc1[N+](=O)[O-]. The minimum atomic E-state index is -3.51. The van der Waals surface area contributed by atoms with E-state index < -0.39 is 14.8 Å². The van der Waals surface area contributed by atoms with Gasteiger partial charge in [-0.05, 0) is 44.2 Å². The van der Waals surface area contributed by atoms with E-state index in [0.717, 1.165) is 30.0 Å². The maximum atomic E-state index is 11.7. The Hall–Kier alpha value is -2.45. The first-order valence-electron chi connectivity index (χ1n) is 8.59. The molecule has 0 radical (unpaired) electrons. The molecule has 2 aromatic carbocycles. The molecule has 0 aliphatic rings. The van der Waals surface area contributed by atoms with Gasteiger partial charge in [-0.3, -0.25) is 15.0 Å². The van der Waals surface area contributed by atoms with Crippen LogP contribution in [-0.2, 0) is 22.9 Å². The lowest BCUT2D eigenvalue weighted by atomic mass is 10.1. The molecule has 0 aliphatic carbocycles. The molecule has 0 fully saturated rings. The summed E-state index contributed by atoms with van der Waals surface area (Å²) in [6.45, 7) is 5.41. The molecule has 0 amide bonds. The van der Waals surface area contributed by atoms with Crippen molar-refractivity contribution in [3.05, 3.63) is 63.7 Å². The van der Waals surface area contributed by atoms with Crippen molar-refractivity contribution >= 4 is 21.2 Å². The van der Waals surface area contributed by atoms with Crippen LogP contribution >= 0.6 is 0 Å². The molecule has 0 unspecified atom stereocenters. The molecule has 0 heterocycles. The van der Waals surface area contributed by atoms with Gasteiger partial charge in [-0.1, -0.05) is 24.3 Å². The van der Waals surface area contributed by atoms with Crippen LogP contribution in [0.15, 0.2) is 47.4 Å². The lowest BCUT2D eigenvalue weighted by molar-refractivity contribution is -0.384. The number of nitro benzene ring substituents is 1. The molecule has 0 aliphatic heterocycles. The fourth-order valence-electron chi connectivity index (χ4n) is 2.57. The van der Waals surface area contributed by atoms with Gasteiger partial charge < -0.3 is 5.32 Å². The van der Waals surface area contributed by atoms with Crippen LogP contribution in [0.2, 0.25) is 0 Å². The molecule has 0 bridgehead atoms. The summed E-state index contributed by atoms with van der Waals surface area (Å²) in [6.07, 6.45) is 1.03. The summed E-state index contributed by atoms with van der Waals surface area (Å²) in [5.74, 6) is 0. The van der Waals surface area contributed by atoms with Crippen molar-refractivity contribution in [1.82, 2.24) is 4.90 Å². The average molecular weight is 391 g/mol. The van der Waals surface area contributed by atoms with Crippen molar-refractivity contribution in [2.75, 3.05) is 18.6 Å².